The van der Waals surface area contributed by atoms with Crippen LogP contribution in [-0.2, 0) is 68.3 Å². The number of carbonyl (C=O) groups excluding carboxylic acids is 7. The molecule has 2 aromatic rings. The van der Waals surface area contributed by atoms with E-state index in [-0.39, 0.29) is 23.2 Å². The van der Waals surface area contributed by atoms with Gasteiger partial charge in [-0.1, -0.05) is 18.2 Å². The van der Waals surface area contributed by atoms with E-state index >= 15 is 0 Å². The summed E-state index contributed by atoms with van der Waals surface area (Å²) in [5.41, 5.74) is -13.0. The number of rotatable bonds is 7. The Balaban J connectivity index is 1.79. The smallest absolute Gasteiger partial charge is 0.340 e. The van der Waals surface area contributed by atoms with E-state index in [0.717, 1.165) is 41.5 Å². The molecule has 0 unspecified atom stereocenters. The number of ether oxygens (including phenoxy) is 8. The summed E-state index contributed by atoms with van der Waals surface area (Å²) in [6.07, 6.45) is -12.2. The van der Waals surface area contributed by atoms with Gasteiger partial charge in [0.2, 0.25) is 0 Å². The van der Waals surface area contributed by atoms with Crippen LogP contribution in [0.1, 0.15) is 81.3 Å². The maximum atomic E-state index is 14.5. The molecule has 19 heteroatoms. The van der Waals surface area contributed by atoms with E-state index in [2.05, 4.69) is 4.98 Å². The highest BCUT2D eigenvalue weighted by atomic mass is 16.7. The van der Waals surface area contributed by atoms with Crippen molar-refractivity contribution < 1.29 is 86.8 Å². The lowest BCUT2D eigenvalue weighted by Gasteiger charge is -2.67. The number of pyridine rings is 1. The van der Waals surface area contributed by atoms with E-state index in [1.807, 2.05) is 0 Å². The molecule has 2 aliphatic carbocycles. The Morgan fingerprint density at radius 2 is 1.45 bits per heavy atom. The summed E-state index contributed by atoms with van der Waals surface area (Å²) >= 11 is 0. The van der Waals surface area contributed by atoms with Crippen LogP contribution in [0.5, 0.6) is 0 Å². The molecule has 12 atom stereocenters. The fourth-order valence-corrected chi connectivity index (χ4v) is 9.45. The molecule has 19 nitrogen and oxygen atoms in total. The molecular formula is C41H47NO18. The van der Waals surface area contributed by atoms with Crippen LogP contribution in [0.2, 0.25) is 0 Å². The molecule has 3 bridgehead atoms. The van der Waals surface area contributed by atoms with Gasteiger partial charge in [-0.25, -0.2) is 14.4 Å². The van der Waals surface area contributed by atoms with Crippen LogP contribution in [0.4, 0.5) is 0 Å². The molecule has 324 valence electrons. The summed E-state index contributed by atoms with van der Waals surface area (Å²) < 4.78 is 49.0. The Hall–Kier alpha value is -5.50. The average molecular weight is 842 g/mol. The Morgan fingerprint density at radius 3 is 2.07 bits per heavy atom. The zero-order valence-corrected chi connectivity index (χ0v) is 33.9. The highest BCUT2D eigenvalue weighted by molar-refractivity contribution is 5.91. The van der Waals surface area contributed by atoms with Gasteiger partial charge in [0.05, 0.1) is 22.7 Å². The fraction of sp³-hybridized carbons (Fsp3) is 0.561. The minimum atomic E-state index is -2.85. The third kappa shape index (κ3) is 7.05. The van der Waals surface area contributed by atoms with Crippen molar-refractivity contribution >= 4 is 41.8 Å². The summed E-state index contributed by atoms with van der Waals surface area (Å²) in [4.78, 5) is 99.6. The largest absolute Gasteiger partial charge is 0.465 e. The van der Waals surface area contributed by atoms with Crippen molar-refractivity contribution in [1.82, 2.24) is 4.98 Å². The van der Waals surface area contributed by atoms with Crippen molar-refractivity contribution in [3.8, 4) is 0 Å². The van der Waals surface area contributed by atoms with Gasteiger partial charge in [-0.3, -0.25) is 24.2 Å². The van der Waals surface area contributed by atoms with Crippen LogP contribution in [-0.4, -0.2) is 134 Å². The maximum Gasteiger partial charge on any atom is 0.340 e. The van der Waals surface area contributed by atoms with Crippen LogP contribution in [0, 0.1) is 11.3 Å². The minimum absolute atomic E-state index is 0.0530. The normalized spacial score (nSPS) is 37.1. The summed E-state index contributed by atoms with van der Waals surface area (Å²) in [6.45, 7) is 5.48. The molecule has 4 aliphatic rings. The van der Waals surface area contributed by atoms with E-state index in [9.17, 15) is 48.9 Å². The second kappa shape index (κ2) is 15.8. The van der Waals surface area contributed by atoms with Crippen LogP contribution >= 0.6 is 0 Å². The number of aryl methyl sites for hydroxylation is 1. The van der Waals surface area contributed by atoms with Crippen LogP contribution < -0.4 is 0 Å². The Kier molecular flexibility index (Phi) is 11.6. The van der Waals surface area contributed by atoms with E-state index in [1.54, 1.807) is 6.07 Å². The van der Waals surface area contributed by atoms with Gasteiger partial charge in [-0.05, 0) is 57.9 Å². The third-order valence-corrected chi connectivity index (χ3v) is 12.0. The van der Waals surface area contributed by atoms with E-state index in [1.165, 1.54) is 49.5 Å². The number of hydrogen-bond acceptors (Lipinski definition) is 19. The molecule has 0 amide bonds. The summed E-state index contributed by atoms with van der Waals surface area (Å²) in [6, 6.07) is 10.3. The first-order chi connectivity index (χ1) is 28.1. The Labute approximate surface area is 343 Å². The number of fused-ring (bicyclic) bond motifs is 4. The number of aromatic nitrogens is 1. The van der Waals surface area contributed by atoms with Gasteiger partial charge in [-0.2, -0.15) is 0 Å². The highest BCUT2D eigenvalue weighted by Crippen LogP contribution is 2.70. The number of carbonyl (C=O) groups is 7. The maximum absolute atomic E-state index is 14.5. The van der Waals surface area contributed by atoms with Crippen LogP contribution in [0.25, 0.3) is 0 Å². The number of aliphatic hydroxyl groups is 3. The van der Waals surface area contributed by atoms with Gasteiger partial charge in [-0.15, -0.1) is 0 Å². The first-order valence-electron chi connectivity index (χ1n) is 19.1. The molecule has 2 saturated carbocycles. The summed E-state index contributed by atoms with van der Waals surface area (Å²) in [5.74, 6) is -9.32. The molecule has 3 heterocycles. The number of hydrogen-bond donors (Lipinski definition) is 3. The lowest BCUT2D eigenvalue weighted by Crippen LogP contribution is -2.89. The molecule has 1 aromatic carbocycles. The number of esters is 7. The zero-order valence-electron chi connectivity index (χ0n) is 33.9. The van der Waals surface area contributed by atoms with Crippen LogP contribution in [0.3, 0.4) is 0 Å². The minimum Gasteiger partial charge on any atom is -0.465 e. The van der Waals surface area contributed by atoms with Gasteiger partial charge in [0.25, 0.3) is 0 Å². The average Bonchev–Trinajstić information content (AvgIpc) is 3.40. The van der Waals surface area contributed by atoms with Crippen LogP contribution in [0.15, 0.2) is 48.7 Å². The topological polar surface area (TPSA) is 267 Å². The van der Waals surface area contributed by atoms with E-state index < -0.39 is 132 Å². The van der Waals surface area contributed by atoms with Gasteiger partial charge >= 0.3 is 41.8 Å². The molecule has 60 heavy (non-hydrogen) atoms. The van der Waals surface area contributed by atoms with Crippen molar-refractivity contribution in [2.24, 2.45) is 11.3 Å². The molecule has 3 fully saturated rings. The second-order valence-electron chi connectivity index (χ2n) is 16.1. The Bertz CT molecular complexity index is 2070. The molecule has 1 saturated heterocycles. The van der Waals surface area contributed by atoms with Gasteiger partial charge in [0.15, 0.2) is 22.9 Å². The van der Waals surface area contributed by atoms with E-state index in [0.29, 0.717) is 0 Å². The van der Waals surface area contributed by atoms with Crippen molar-refractivity contribution in [2.75, 3.05) is 13.2 Å². The molecular weight excluding hydrogens is 794 g/mol. The monoisotopic (exact) mass is 841 g/mol. The summed E-state index contributed by atoms with van der Waals surface area (Å²) in [7, 11) is 0. The van der Waals surface area contributed by atoms with Crippen molar-refractivity contribution in [1.29, 1.82) is 0 Å². The van der Waals surface area contributed by atoms with Crippen molar-refractivity contribution in [2.45, 2.75) is 120 Å². The third-order valence-electron chi connectivity index (χ3n) is 12.0. The molecule has 0 radical (unpaired) electrons. The predicted molar refractivity (Wildman–Crippen MR) is 197 cm³/mol. The standard InChI is InChI=1S/C41H47NO18/c1-20(43)53-19-40-32(56-22(3)45)28(47)30(48)39(7)41(40)31(58-34(49)24-12-9-8-10-13-24)27(29(55-21(2)44)33(40)57-23(4)46)38(6,60-41)18-54-35(50)25-14-11-17-42-26(25)15-16-37(5,52)36(51)59-39/h8-14,17,27-33,47-48,52H,15-16,18-19H2,1-7H3/t27-,28+,29-,30+,31-,32+,33-,37-,38+,39+,40+,41+/m1/s1. The van der Waals surface area contributed by atoms with Crippen molar-refractivity contribution in [3.63, 3.8) is 0 Å². The van der Waals surface area contributed by atoms with Gasteiger partial charge in [0.1, 0.15) is 54.7 Å². The van der Waals surface area contributed by atoms with E-state index in [4.69, 9.17) is 37.9 Å². The van der Waals surface area contributed by atoms with Gasteiger partial charge in [0, 0.05) is 33.9 Å². The molecule has 3 N–H and O–H groups in total. The molecule has 1 spiro atoms. The van der Waals surface area contributed by atoms with Gasteiger partial charge < -0.3 is 53.2 Å². The Morgan fingerprint density at radius 1 is 0.817 bits per heavy atom. The molecule has 1 aromatic heterocycles. The SMILES string of the molecule is CC(=O)OC[C@]12[C@H](OC(C)=O)[C@H](OC(C)=O)[C@@H]3[C@@H](OC(=O)c4ccccc4)[C@@]14O[C@@]3(C)COC(=O)c1cccnc1CC[C@@](C)(O)C(=O)O[C@@]4(C)[C@@H](O)[C@H](O)[C@@H]2OC(C)=O. The lowest BCUT2D eigenvalue weighted by molar-refractivity contribution is -0.387. The lowest BCUT2D eigenvalue weighted by atomic mass is 9.45. The first kappa shape index (κ1) is 44.1. The fourth-order valence-electron chi connectivity index (χ4n) is 9.45. The molecule has 6 rings (SSSR count). The number of aliphatic hydroxyl groups excluding tert-OH is 2. The number of benzene rings is 1. The number of nitrogens with zero attached hydrogens (tertiary/aromatic N) is 1. The zero-order chi connectivity index (χ0) is 44.2. The predicted octanol–water partition coefficient (Wildman–Crippen LogP) is 0.701. The van der Waals surface area contributed by atoms with Crippen molar-refractivity contribution in [3.05, 3.63) is 65.5 Å². The first-order valence-corrected chi connectivity index (χ1v) is 19.1. The second-order valence-corrected chi connectivity index (χ2v) is 16.1. The molecule has 2 aliphatic heterocycles. The number of cyclic esters (lactones) is 1. The quantitative estimate of drug-likeness (QED) is 0.256. The highest BCUT2D eigenvalue weighted by Gasteiger charge is 2.92. The summed E-state index contributed by atoms with van der Waals surface area (Å²) in [5, 5.41) is 36.4.